The van der Waals surface area contributed by atoms with Crippen LogP contribution in [0.5, 0.6) is 0 Å². The van der Waals surface area contributed by atoms with Crippen molar-refractivity contribution in [1.82, 2.24) is 19.2 Å². The van der Waals surface area contributed by atoms with E-state index in [4.69, 9.17) is 5.73 Å². The first-order chi connectivity index (χ1) is 11.8. The van der Waals surface area contributed by atoms with Crippen molar-refractivity contribution in [2.45, 2.75) is 17.5 Å². The molecule has 0 unspecified atom stereocenters. The van der Waals surface area contributed by atoms with E-state index in [0.717, 1.165) is 16.4 Å². The zero-order chi connectivity index (χ0) is 16.4. The average molecular weight is 335 g/mol. The number of nitrogen functional groups attached to an aromatic ring is 1. The lowest BCUT2D eigenvalue weighted by molar-refractivity contribution is 0.717. The number of fused-ring (bicyclic) bond motifs is 1. The van der Waals surface area contributed by atoms with Crippen LogP contribution in [0.4, 0.5) is 5.95 Å². The molecular weight excluding hydrogens is 318 g/mol. The van der Waals surface area contributed by atoms with E-state index in [2.05, 4.69) is 45.1 Å². The topological polar surface area (TPSA) is 61.1 Å². The van der Waals surface area contributed by atoms with Crippen LogP contribution in [0.25, 0.3) is 5.52 Å². The fourth-order valence-corrected chi connectivity index (χ4v) is 3.56. The predicted molar refractivity (Wildman–Crippen MR) is 96.9 cm³/mol. The Morgan fingerprint density at radius 3 is 2.62 bits per heavy atom. The van der Waals surface area contributed by atoms with Gasteiger partial charge in [0.05, 0.1) is 6.54 Å². The van der Waals surface area contributed by atoms with Gasteiger partial charge in [0, 0.05) is 23.7 Å². The van der Waals surface area contributed by atoms with Gasteiger partial charge in [-0.25, -0.2) is 0 Å². The second-order valence-corrected chi connectivity index (χ2v) is 6.52. The lowest BCUT2D eigenvalue weighted by Crippen LogP contribution is -2.05. The van der Waals surface area contributed by atoms with Gasteiger partial charge in [0.15, 0.2) is 5.16 Å². The summed E-state index contributed by atoms with van der Waals surface area (Å²) in [7, 11) is 0. The molecule has 0 spiro atoms. The number of hydrogen-bond acceptors (Lipinski definition) is 4. The Morgan fingerprint density at radius 1 is 0.958 bits per heavy atom. The Morgan fingerprint density at radius 2 is 1.79 bits per heavy atom. The second kappa shape index (κ2) is 6.41. The molecule has 2 N–H and O–H groups in total. The van der Waals surface area contributed by atoms with Gasteiger partial charge in [0.2, 0.25) is 5.95 Å². The van der Waals surface area contributed by atoms with Gasteiger partial charge in [-0.15, -0.1) is 10.2 Å². The van der Waals surface area contributed by atoms with Crippen molar-refractivity contribution in [3.8, 4) is 0 Å². The number of hydrogen-bond donors (Lipinski definition) is 1. The molecule has 0 fully saturated rings. The van der Waals surface area contributed by atoms with Gasteiger partial charge in [-0.3, -0.25) is 4.57 Å². The minimum atomic E-state index is 0.445. The molecular formula is C18H17N5S. The van der Waals surface area contributed by atoms with Crippen LogP contribution in [0, 0.1) is 0 Å². The van der Waals surface area contributed by atoms with E-state index in [9.17, 15) is 0 Å². The fraction of sp³-hybridized carbons (Fsp3) is 0.111. The Balaban J connectivity index is 1.55. The fourth-order valence-electron chi connectivity index (χ4n) is 2.66. The van der Waals surface area contributed by atoms with E-state index in [0.29, 0.717) is 12.5 Å². The van der Waals surface area contributed by atoms with Crippen molar-refractivity contribution in [1.29, 1.82) is 0 Å². The summed E-state index contributed by atoms with van der Waals surface area (Å²) in [6.07, 6.45) is 4.15. The van der Waals surface area contributed by atoms with Crippen LogP contribution in [0.3, 0.4) is 0 Å². The summed E-state index contributed by atoms with van der Waals surface area (Å²) in [5.74, 6) is 1.29. The number of pyridine rings is 1. The van der Waals surface area contributed by atoms with Crippen LogP contribution in [0.15, 0.2) is 72.1 Å². The van der Waals surface area contributed by atoms with Crippen LogP contribution in [-0.4, -0.2) is 19.2 Å². The highest BCUT2D eigenvalue weighted by Crippen LogP contribution is 2.24. The molecule has 0 aliphatic carbocycles. The maximum atomic E-state index is 6.02. The smallest absolute Gasteiger partial charge is 0.223 e. The zero-order valence-electron chi connectivity index (χ0n) is 13.0. The third kappa shape index (κ3) is 3.00. The second-order valence-electron chi connectivity index (χ2n) is 5.58. The Bertz CT molecular complexity index is 925. The van der Waals surface area contributed by atoms with Crippen molar-refractivity contribution < 1.29 is 0 Å². The SMILES string of the molecule is Nc1nnc(SCc2ccccc2)n1Cc1cc2ccccn2c1. The van der Waals surface area contributed by atoms with Crippen LogP contribution >= 0.6 is 11.8 Å². The molecule has 3 heterocycles. The summed E-state index contributed by atoms with van der Waals surface area (Å²) in [6, 6.07) is 18.6. The van der Waals surface area contributed by atoms with E-state index in [1.165, 1.54) is 11.1 Å². The summed E-state index contributed by atoms with van der Waals surface area (Å²) >= 11 is 1.65. The molecule has 0 amide bonds. The van der Waals surface area contributed by atoms with E-state index in [1.54, 1.807) is 11.8 Å². The lowest BCUT2D eigenvalue weighted by atomic mass is 10.2. The molecule has 1 aromatic carbocycles. The zero-order valence-corrected chi connectivity index (χ0v) is 13.9. The number of anilines is 1. The molecule has 0 aliphatic heterocycles. The van der Waals surface area contributed by atoms with Crippen molar-refractivity contribution >= 4 is 23.2 Å². The van der Waals surface area contributed by atoms with Crippen LogP contribution in [0.1, 0.15) is 11.1 Å². The third-order valence-electron chi connectivity index (χ3n) is 3.86. The maximum Gasteiger partial charge on any atom is 0.223 e. The maximum absolute atomic E-state index is 6.02. The molecule has 0 saturated carbocycles. The summed E-state index contributed by atoms with van der Waals surface area (Å²) in [6.45, 7) is 0.664. The Labute approximate surface area is 144 Å². The first kappa shape index (κ1) is 14.8. The molecule has 3 aromatic heterocycles. The largest absolute Gasteiger partial charge is 0.368 e. The number of aromatic nitrogens is 4. The van der Waals surface area contributed by atoms with Crippen molar-refractivity contribution in [2.24, 2.45) is 0 Å². The summed E-state index contributed by atoms with van der Waals surface area (Å²) in [5.41, 5.74) is 9.62. The van der Waals surface area contributed by atoms with Gasteiger partial charge in [-0.05, 0) is 29.3 Å². The van der Waals surface area contributed by atoms with E-state index in [-0.39, 0.29) is 0 Å². The van der Waals surface area contributed by atoms with Crippen molar-refractivity contribution in [3.63, 3.8) is 0 Å². The molecule has 0 atom stereocenters. The van der Waals surface area contributed by atoms with Crippen LogP contribution < -0.4 is 5.73 Å². The predicted octanol–water partition coefficient (Wildman–Crippen LogP) is 3.45. The quantitative estimate of drug-likeness (QED) is 0.568. The van der Waals surface area contributed by atoms with Crippen molar-refractivity contribution in [3.05, 3.63) is 78.1 Å². The monoisotopic (exact) mass is 335 g/mol. The molecule has 24 heavy (non-hydrogen) atoms. The molecule has 0 bridgehead atoms. The lowest BCUT2D eigenvalue weighted by Gasteiger charge is -2.06. The van der Waals surface area contributed by atoms with Crippen molar-refractivity contribution in [2.75, 3.05) is 5.73 Å². The highest BCUT2D eigenvalue weighted by Gasteiger charge is 2.12. The summed E-state index contributed by atoms with van der Waals surface area (Å²) in [5, 5.41) is 9.11. The molecule has 120 valence electrons. The molecule has 0 aliphatic rings. The molecule has 4 aromatic rings. The van der Waals surface area contributed by atoms with Gasteiger partial charge in [-0.1, -0.05) is 48.2 Å². The molecule has 6 heteroatoms. The van der Waals surface area contributed by atoms with Gasteiger partial charge >= 0.3 is 0 Å². The van der Waals surface area contributed by atoms with E-state index in [1.807, 2.05) is 41.1 Å². The number of benzene rings is 1. The number of nitrogens with two attached hydrogens (primary N) is 1. The third-order valence-corrected chi connectivity index (χ3v) is 4.90. The number of thioether (sulfide) groups is 1. The molecule has 0 radical (unpaired) electrons. The first-order valence-corrected chi connectivity index (χ1v) is 8.69. The highest BCUT2D eigenvalue weighted by atomic mass is 32.2. The van der Waals surface area contributed by atoms with Gasteiger partial charge < -0.3 is 10.1 Å². The van der Waals surface area contributed by atoms with E-state index >= 15 is 0 Å². The van der Waals surface area contributed by atoms with Gasteiger partial charge in [0.25, 0.3) is 0 Å². The minimum Gasteiger partial charge on any atom is -0.368 e. The van der Waals surface area contributed by atoms with E-state index < -0.39 is 0 Å². The Kier molecular flexibility index (Phi) is 3.96. The van der Waals surface area contributed by atoms with Crippen LogP contribution in [0.2, 0.25) is 0 Å². The summed E-state index contributed by atoms with van der Waals surface area (Å²) < 4.78 is 4.06. The normalized spacial score (nSPS) is 11.2. The molecule has 0 saturated heterocycles. The van der Waals surface area contributed by atoms with Crippen LogP contribution in [-0.2, 0) is 12.3 Å². The summed E-state index contributed by atoms with van der Waals surface area (Å²) in [4.78, 5) is 0. The number of rotatable bonds is 5. The Hall–Kier alpha value is -2.73. The molecule has 4 rings (SSSR count). The highest BCUT2D eigenvalue weighted by molar-refractivity contribution is 7.98. The standard InChI is InChI=1S/C18H17N5S/c19-17-20-21-18(24-13-14-6-2-1-3-7-14)23(17)12-15-10-16-8-4-5-9-22(16)11-15/h1-11H,12-13H2,(H2,19,20). The molecule has 5 nitrogen and oxygen atoms in total. The minimum absolute atomic E-state index is 0.445. The first-order valence-electron chi connectivity index (χ1n) is 7.70. The average Bonchev–Trinajstić information content (AvgIpc) is 3.18. The van der Waals surface area contributed by atoms with Gasteiger partial charge in [-0.2, -0.15) is 0 Å². The number of nitrogens with zero attached hydrogens (tertiary/aromatic N) is 4. The van der Waals surface area contributed by atoms with Gasteiger partial charge in [0.1, 0.15) is 0 Å².